The van der Waals surface area contributed by atoms with Gasteiger partial charge in [0.15, 0.2) is 11.7 Å². The molecule has 3 nitrogen and oxygen atoms in total. The summed E-state index contributed by atoms with van der Waals surface area (Å²) in [6.45, 7) is 7.56. The predicted molar refractivity (Wildman–Crippen MR) is 44.9 cm³/mol. The van der Waals surface area contributed by atoms with E-state index in [-0.39, 0.29) is 6.10 Å². The maximum absolute atomic E-state index is 10.9. The molecule has 1 aliphatic rings. The Balaban J connectivity index is 2.85. The largest absolute Gasteiger partial charge is 0.509 e. The van der Waals surface area contributed by atoms with Gasteiger partial charge in [0.05, 0.1) is 0 Å². The Labute approximate surface area is 72.4 Å². The molecule has 12 heavy (non-hydrogen) atoms. The predicted octanol–water partition coefficient (Wildman–Crippen LogP) is 2.27. The third-order valence-electron chi connectivity index (χ3n) is 2.44. The quantitative estimate of drug-likeness (QED) is 0.481. The Morgan fingerprint density at radius 3 is 2.50 bits per heavy atom. The minimum Gasteiger partial charge on any atom is -0.423 e. The molecule has 1 saturated heterocycles. The van der Waals surface area contributed by atoms with Crippen LogP contribution in [0.15, 0.2) is 12.7 Å². The minimum atomic E-state index is -0.580. The molecule has 0 aliphatic carbocycles. The fourth-order valence-corrected chi connectivity index (χ4v) is 1.52. The van der Waals surface area contributed by atoms with Crippen molar-refractivity contribution in [3.8, 4) is 0 Å². The van der Waals surface area contributed by atoms with Crippen molar-refractivity contribution in [2.45, 2.75) is 38.4 Å². The number of cyclic esters (lactones) is 2. The lowest BCUT2D eigenvalue weighted by Gasteiger charge is -2.26. The van der Waals surface area contributed by atoms with E-state index in [2.05, 4.69) is 6.58 Å². The number of hydrogen-bond acceptors (Lipinski definition) is 3. The molecule has 1 fully saturated rings. The van der Waals surface area contributed by atoms with Crippen molar-refractivity contribution < 1.29 is 14.3 Å². The van der Waals surface area contributed by atoms with Gasteiger partial charge in [-0.3, -0.25) is 0 Å². The van der Waals surface area contributed by atoms with Crippen molar-refractivity contribution >= 4 is 6.16 Å². The van der Waals surface area contributed by atoms with Crippen LogP contribution in [-0.4, -0.2) is 17.9 Å². The first-order chi connectivity index (χ1) is 5.68. The lowest BCUT2D eigenvalue weighted by atomic mass is 9.91. The standard InChI is InChI=1S/C9H14O3/c1-4-7-9(5-2,6-3)12-8(10)11-7/h4,7H,1,5-6H2,2-3H3. The van der Waals surface area contributed by atoms with Crippen LogP contribution in [-0.2, 0) is 9.47 Å². The summed E-state index contributed by atoms with van der Waals surface area (Å²) in [6.07, 6.45) is 2.26. The van der Waals surface area contributed by atoms with Crippen LogP contribution < -0.4 is 0 Å². The third-order valence-corrected chi connectivity index (χ3v) is 2.44. The van der Waals surface area contributed by atoms with Crippen molar-refractivity contribution in [3.05, 3.63) is 12.7 Å². The van der Waals surface area contributed by atoms with E-state index in [1.165, 1.54) is 0 Å². The molecule has 0 aromatic heterocycles. The normalized spacial score (nSPS) is 26.2. The van der Waals surface area contributed by atoms with Crippen molar-refractivity contribution in [2.24, 2.45) is 0 Å². The smallest absolute Gasteiger partial charge is 0.423 e. The summed E-state index contributed by atoms with van der Waals surface area (Å²) in [5.41, 5.74) is -0.473. The number of ether oxygens (including phenoxy) is 2. The van der Waals surface area contributed by atoms with Gasteiger partial charge in [0.25, 0.3) is 0 Å². The van der Waals surface area contributed by atoms with Crippen LogP contribution in [0.3, 0.4) is 0 Å². The summed E-state index contributed by atoms with van der Waals surface area (Å²) in [5.74, 6) is 0. The number of carbonyl (C=O) groups is 1. The fourth-order valence-electron chi connectivity index (χ4n) is 1.52. The molecular formula is C9H14O3. The molecule has 1 unspecified atom stereocenters. The van der Waals surface area contributed by atoms with E-state index in [1.54, 1.807) is 6.08 Å². The van der Waals surface area contributed by atoms with Crippen molar-refractivity contribution in [3.63, 3.8) is 0 Å². The lowest BCUT2D eigenvalue weighted by molar-refractivity contribution is 0.0357. The molecule has 0 spiro atoms. The summed E-state index contributed by atoms with van der Waals surface area (Å²) in [6, 6.07) is 0. The summed E-state index contributed by atoms with van der Waals surface area (Å²) < 4.78 is 10.0. The zero-order valence-corrected chi connectivity index (χ0v) is 7.50. The molecule has 0 aromatic rings. The molecular weight excluding hydrogens is 156 g/mol. The summed E-state index contributed by atoms with van der Waals surface area (Å²) in [4.78, 5) is 10.9. The van der Waals surface area contributed by atoms with Gasteiger partial charge < -0.3 is 9.47 Å². The Bertz CT molecular complexity index is 194. The monoisotopic (exact) mass is 170 g/mol. The van der Waals surface area contributed by atoms with E-state index in [1.807, 2.05) is 13.8 Å². The van der Waals surface area contributed by atoms with E-state index in [0.29, 0.717) is 0 Å². The van der Waals surface area contributed by atoms with Gasteiger partial charge in [-0.15, -0.1) is 0 Å². The SMILES string of the molecule is C=CC1OC(=O)OC1(CC)CC. The van der Waals surface area contributed by atoms with Gasteiger partial charge in [-0.1, -0.05) is 20.4 Å². The number of carbonyl (C=O) groups excluding carboxylic acids is 1. The van der Waals surface area contributed by atoms with E-state index in [4.69, 9.17) is 9.47 Å². The average molecular weight is 170 g/mol. The van der Waals surface area contributed by atoms with Gasteiger partial charge in [0.2, 0.25) is 0 Å². The zero-order valence-electron chi connectivity index (χ0n) is 7.50. The van der Waals surface area contributed by atoms with Crippen LogP contribution in [0.2, 0.25) is 0 Å². The maximum atomic E-state index is 10.9. The van der Waals surface area contributed by atoms with Gasteiger partial charge in [-0.05, 0) is 18.9 Å². The highest BCUT2D eigenvalue weighted by atomic mass is 16.8. The van der Waals surface area contributed by atoms with Crippen LogP contribution in [0.1, 0.15) is 26.7 Å². The van der Waals surface area contributed by atoms with Gasteiger partial charge in [0.1, 0.15) is 0 Å². The highest BCUT2D eigenvalue weighted by molar-refractivity contribution is 5.64. The van der Waals surface area contributed by atoms with E-state index < -0.39 is 11.8 Å². The van der Waals surface area contributed by atoms with Crippen molar-refractivity contribution in [1.82, 2.24) is 0 Å². The van der Waals surface area contributed by atoms with Crippen molar-refractivity contribution in [2.75, 3.05) is 0 Å². The molecule has 0 saturated carbocycles. The number of hydrogen-bond donors (Lipinski definition) is 0. The molecule has 0 bridgehead atoms. The van der Waals surface area contributed by atoms with Gasteiger partial charge in [-0.2, -0.15) is 0 Å². The average Bonchev–Trinajstić information content (AvgIpc) is 2.42. The van der Waals surface area contributed by atoms with Crippen LogP contribution in [0.4, 0.5) is 4.79 Å². The first-order valence-corrected chi connectivity index (χ1v) is 4.20. The molecule has 0 N–H and O–H groups in total. The Morgan fingerprint density at radius 1 is 1.58 bits per heavy atom. The maximum Gasteiger partial charge on any atom is 0.509 e. The van der Waals surface area contributed by atoms with Crippen molar-refractivity contribution in [1.29, 1.82) is 0 Å². The molecule has 3 heteroatoms. The Hall–Kier alpha value is -0.990. The summed E-state index contributed by atoms with van der Waals surface area (Å²) in [5, 5.41) is 0. The highest BCUT2D eigenvalue weighted by Crippen LogP contribution is 2.33. The molecule has 0 radical (unpaired) electrons. The molecule has 0 amide bonds. The number of rotatable bonds is 3. The van der Waals surface area contributed by atoms with Gasteiger partial charge >= 0.3 is 6.16 Å². The molecule has 0 aromatic carbocycles. The lowest BCUT2D eigenvalue weighted by Crippen LogP contribution is -2.37. The Morgan fingerprint density at radius 2 is 2.17 bits per heavy atom. The molecule has 1 atom stereocenters. The van der Waals surface area contributed by atoms with Gasteiger partial charge in [-0.25, -0.2) is 4.79 Å². The highest BCUT2D eigenvalue weighted by Gasteiger charge is 2.47. The van der Waals surface area contributed by atoms with E-state index in [9.17, 15) is 4.79 Å². The Kier molecular flexibility index (Phi) is 2.40. The van der Waals surface area contributed by atoms with E-state index in [0.717, 1.165) is 12.8 Å². The summed E-state index contributed by atoms with van der Waals surface area (Å²) in [7, 11) is 0. The zero-order chi connectivity index (χ0) is 9.19. The molecule has 1 aliphatic heterocycles. The molecule has 1 heterocycles. The third kappa shape index (κ3) is 1.19. The minimum absolute atomic E-state index is 0.292. The molecule has 68 valence electrons. The summed E-state index contributed by atoms with van der Waals surface area (Å²) >= 11 is 0. The molecule has 1 rings (SSSR count). The second-order valence-electron chi connectivity index (χ2n) is 2.90. The first-order valence-electron chi connectivity index (χ1n) is 4.20. The topological polar surface area (TPSA) is 35.5 Å². The fraction of sp³-hybridized carbons (Fsp3) is 0.667. The van der Waals surface area contributed by atoms with Crippen LogP contribution >= 0.6 is 0 Å². The van der Waals surface area contributed by atoms with Crippen LogP contribution in [0.5, 0.6) is 0 Å². The van der Waals surface area contributed by atoms with Gasteiger partial charge in [0, 0.05) is 0 Å². The van der Waals surface area contributed by atoms with Crippen LogP contribution in [0, 0.1) is 0 Å². The first kappa shape index (κ1) is 9.10. The second-order valence-corrected chi connectivity index (χ2v) is 2.90. The second kappa shape index (κ2) is 3.17. The van der Waals surface area contributed by atoms with Crippen LogP contribution in [0.25, 0.3) is 0 Å². The van der Waals surface area contributed by atoms with E-state index >= 15 is 0 Å².